The average molecular weight is 1670 g/mol. The van der Waals surface area contributed by atoms with Crippen LogP contribution in [-0.4, -0.2) is 200 Å². The van der Waals surface area contributed by atoms with Crippen LogP contribution in [0.4, 0.5) is 52.7 Å². The molecule has 4 unspecified atom stereocenters. The maximum absolute atomic E-state index is 10.7. The van der Waals surface area contributed by atoms with E-state index in [1.54, 1.807) is 28.4 Å². The van der Waals surface area contributed by atoms with E-state index in [9.17, 15) is 52.7 Å². The van der Waals surface area contributed by atoms with Gasteiger partial charge in [-0.25, -0.2) is 33.7 Å². The van der Waals surface area contributed by atoms with Gasteiger partial charge in [0, 0.05) is 91.0 Å². The second-order valence-electron chi connectivity index (χ2n) is 15.9. The number of rotatable bonds is 4. The Morgan fingerprint density at radius 2 is 0.375 bits per heavy atom. The van der Waals surface area contributed by atoms with E-state index in [2.05, 4.69) is 0 Å². The van der Waals surface area contributed by atoms with Gasteiger partial charge < -0.3 is 93.2 Å². The van der Waals surface area contributed by atoms with Crippen molar-refractivity contribution in [2.24, 2.45) is 45.9 Å². The van der Waals surface area contributed by atoms with Crippen molar-refractivity contribution in [3.8, 4) is 0 Å². The molecule has 4 aliphatic carbocycles. The SMILES string of the molecule is CO.CO.COC1C[C@@H](N)C[C@@H](N)C1.COC1C[C@@H](N)C[C@@H](N)C1.COC1C[C@@H](N)C[C@@H](N)C1.COC1C[C@@H](N)C[C@@H](N)C1.O=S(=O)([O-])C(F)(F)F.O=S(=O)([O-])C(F)(F)F.O=S(=O)([O-])C(F)(F)F.O=S(=O)([O-])C(F)(F)F.[Ag+].[Ag+].[Ag+].[Ag+]. The van der Waals surface area contributed by atoms with Gasteiger partial charge in [0.1, 0.15) is 0 Å². The summed E-state index contributed by atoms with van der Waals surface area (Å²) in [6.45, 7) is 0. The molecule has 508 valence electrons. The van der Waals surface area contributed by atoms with E-state index in [0.717, 1.165) is 91.3 Å². The summed E-state index contributed by atoms with van der Waals surface area (Å²) in [6.07, 6.45) is 12.6. The Kier molecular flexibility index (Phi) is 63.3. The van der Waals surface area contributed by atoms with Gasteiger partial charge in [0.15, 0.2) is 40.5 Å². The van der Waals surface area contributed by atoms with Crippen LogP contribution in [0.15, 0.2) is 0 Å². The molecule has 46 heteroatoms. The number of halogens is 12. The van der Waals surface area contributed by atoms with E-state index in [1.807, 2.05) is 0 Å². The van der Waals surface area contributed by atoms with E-state index in [4.69, 9.17) is 127 Å². The Bertz CT molecular complexity index is 1650. The standard InChI is InChI=1S/4C7H16N2O.4CHF3O3S.2CH4O.4Ag/c4*1-10-7-3-5(8)2-6(9)4-7;4*2-1(3,4)8(5,6)7;2*1-2;;;;/h4*5-7H,2-4,8-9H2,1H3;4*(H,5,6,7);2*2H,1H3;;;;/q;;;;;;;;;;4*+1/p-4/t4*5-,6+,7?;;;;;;;;;;. The minimum absolute atomic E-state index is 0. The van der Waals surface area contributed by atoms with Crippen molar-refractivity contribution in [3.63, 3.8) is 0 Å². The molecule has 12 atom stereocenters. The van der Waals surface area contributed by atoms with Crippen LogP contribution < -0.4 is 45.9 Å². The number of hydrogen-bond donors (Lipinski definition) is 10. The molecule has 0 aromatic rings. The first-order valence-corrected chi connectivity index (χ1v) is 26.7. The Morgan fingerprint density at radius 3 is 0.425 bits per heavy atom. The topological polar surface area (TPSA) is 514 Å². The molecular formula is C34H72Ag4F12N8O18S4. The van der Waals surface area contributed by atoms with Gasteiger partial charge in [-0.3, -0.25) is 0 Å². The largest absolute Gasteiger partial charge is 1.00 e. The van der Waals surface area contributed by atoms with Crippen LogP contribution in [-0.2, 0) is 149 Å². The number of aliphatic hydroxyl groups is 2. The molecule has 4 aliphatic rings. The molecule has 0 spiro atoms. The van der Waals surface area contributed by atoms with Gasteiger partial charge in [-0.05, 0) is 77.0 Å². The summed E-state index contributed by atoms with van der Waals surface area (Å²) in [7, 11) is -15.5. The average Bonchev–Trinajstić information content (AvgIpc) is 3.22. The molecule has 26 nitrogen and oxygen atoms in total. The number of alkyl halides is 12. The zero-order chi connectivity index (χ0) is 62.2. The van der Waals surface area contributed by atoms with Gasteiger partial charge >= 0.3 is 112 Å². The zero-order valence-corrected chi connectivity index (χ0v) is 52.0. The first-order valence-electron chi connectivity index (χ1n) is 21.0. The van der Waals surface area contributed by atoms with Crippen molar-refractivity contribution in [2.75, 3.05) is 42.7 Å². The van der Waals surface area contributed by atoms with Crippen LogP contribution in [0.5, 0.6) is 0 Å². The van der Waals surface area contributed by atoms with Crippen molar-refractivity contribution in [3.05, 3.63) is 0 Å². The molecule has 80 heavy (non-hydrogen) atoms. The minimum atomic E-state index is -6.09. The summed E-state index contributed by atoms with van der Waals surface area (Å²) < 4.78 is 256. The van der Waals surface area contributed by atoms with Crippen LogP contribution in [0.3, 0.4) is 0 Å². The summed E-state index contributed by atoms with van der Waals surface area (Å²) in [5, 5.41) is 14.0. The fourth-order valence-corrected chi connectivity index (χ4v) is 6.18. The number of methoxy groups -OCH3 is 4. The van der Waals surface area contributed by atoms with Crippen LogP contribution >= 0.6 is 0 Å². The number of hydrogen-bond acceptors (Lipinski definition) is 26. The summed E-state index contributed by atoms with van der Waals surface area (Å²) in [4.78, 5) is 0. The summed E-state index contributed by atoms with van der Waals surface area (Å²) in [5.74, 6) is 0. The molecule has 4 saturated carbocycles. The first-order chi connectivity index (χ1) is 33.9. The quantitative estimate of drug-likeness (QED) is 0.0682. The summed E-state index contributed by atoms with van der Waals surface area (Å²) in [6, 6.07) is 1.95. The van der Waals surface area contributed by atoms with E-state index < -0.39 is 62.5 Å². The number of nitrogens with two attached hydrogens (primary N) is 8. The molecule has 0 aromatic carbocycles. The number of ether oxygens (including phenoxy) is 4. The van der Waals surface area contributed by atoms with Crippen molar-refractivity contribution in [1.29, 1.82) is 0 Å². The van der Waals surface area contributed by atoms with E-state index in [0.29, 0.717) is 24.4 Å². The second-order valence-corrected chi connectivity index (χ2v) is 21.4. The third kappa shape index (κ3) is 55.8. The fourth-order valence-electron chi connectivity index (χ4n) is 6.18. The van der Waals surface area contributed by atoms with Gasteiger partial charge in [-0.2, -0.15) is 52.7 Å². The Labute approximate surface area is 520 Å². The van der Waals surface area contributed by atoms with Crippen LogP contribution in [0.25, 0.3) is 0 Å². The normalized spacial score (nSPS) is 26.6. The predicted octanol–water partition coefficient (Wildman–Crippen LogP) is -1.23. The van der Waals surface area contributed by atoms with Gasteiger partial charge in [-0.15, -0.1) is 0 Å². The molecule has 0 amide bonds. The maximum atomic E-state index is 10.7. The van der Waals surface area contributed by atoms with Gasteiger partial charge in [0.2, 0.25) is 0 Å². The molecule has 0 aromatic heterocycles. The predicted molar refractivity (Wildman–Crippen MR) is 242 cm³/mol. The van der Waals surface area contributed by atoms with Crippen LogP contribution in [0.1, 0.15) is 77.0 Å². The molecule has 0 saturated heterocycles. The summed E-state index contributed by atoms with van der Waals surface area (Å²) >= 11 is 0. The van der Waals surface area contributed by atoms with E-state index >= 15 is 0 Å². The van der Waals surface area contributed by atoms with Gasteiger partial charge in [0.25, 0.3) is 0 Å². The van der Waals surface area contributed by atoms with Crippen molar-refractivity contribution in [2.45, 2.75) is 172 Å². The molecule has 0 heterocycles. The summed E-state index contributed by atoms with van der Waals surface area (Å²) in [5.41, 5.74) is 23.3. The monoisotopic (exact) mass is 1660 g/mol. The van der Waals surface area contributed by atoms with Gasteiger partial charge in [-0.1, -0.05) is 0 Å². The molecule has 4 fully saturated rings. The third-order valence-corrected chi connectivity index (χ3v) is 11.7. The van der Waals surface area contributed by atoms with Crippen LogP contribution in [0.2, 0.25) is 0 Å². The fraction of sp³-hybridized carbons (Fsp3) is 1.00. The Hall–Kier alpha value is 1.20. The second kappa shape index (κ2) is 49.1. The van der Waals surface area contributed by atoms with Gasteiger partial charge in [0.05, 0.1) is 24.4 Å². The Balaban J connectivity index is -0.0000000863. The molecule has 0 aliphatic heterocycles. The zero-order valence-electron chi connectivity index (χ0n) is 42.8. The third-order valence-electron chi connectivity index (χ3n) is 9.41. The van der Waals surface area contributed by atoms with E-state index in [-0.39, 0.29) is 138 Å². The maximum Gasteiger partial charge on any atom is 1.00 e. The number of aliphatic hydroxyl groups excluding tert-OH is 2. The molecule has 0 bridgehead atoms. The smallest absolute Gasteiger partial charge is 0.741 e. The minimum Gasteiger partial charge on any atom is -0.741 e. The molecule has 18 N–H and O–H groups in total. The van der Waals surface area contributed by atoms with Crippen LogP contribution in [0, 0.1) is 0 Å². The molecular weight excluding hydrogens is 1600 g/mol. The first kappa shape index (κ1) is 103. The molecule has 4 rings (SSSR count). The van der Waals surface area contributed by atoms with Crippen molar-refractivity contribution >= 4 is 40.5 Å². The molecule has 0 radical (unpaired) electrons. The van der Waals surface area contributed by atoms with Crippen molar-refractivity contribution in [1.82, 2.24) is 0 Å². The van der Waals surface area contributed by atoms with Crippen molar-refractivity contribution < 1.29 is 223 Å². The Morgan fingerprint density at radius 1 is 0.300 bits per heavy atom. The van der Waals surface area contributed by atoms with E-state index in [1.165, 1.54) is 0 Å².